The number of aromatic nitrogens is 2. The molecule has 1 aliphatic heterocycles. The smallest absolute Gasteiger partial charge is 0.411 e. The fourth-order valence-electron chi connectivity index (χ4n) is 5.15. The van der Waals surface area contributed by atoms with Crippen LogP contribution in [0.4, 0.5) is 4.79 Å². The molecule has 0 unspecified atom stereocenters. The summed E-state index contributed by atoms with van der Waals surface area (Å²) in [5.74, 6) is -0.0710. The number of nitrogens with one attached hydrogen (secondary N) is 1. The quantitative estimate of drug-likeness (QED) is 0.401. The highest BCUT2D eigenvalue weighted by Crippen LogP contribution is 2.44. The lowest BCUT2D eigenvalue weighted by atomic mass is 9.75. The molecule has 1 saturated carbocycles. The van der Waals surface area contributed by atoms with E-state index in [0.29, 0.717) is 19.4 Å². The molecule has 200 valence electrons. The van der Waals surface area contributed by atoms with Gasteiger partial charge < -0.3 is 15.0 Å². The Hall–Kier alpha value is -4.25. The van der Waals surface area contributed by atoms with Gasteiger partial charge in [0.15, 0.2) is 0 Å². The number of carbonyl (C=O) groups is 2. The van der Waals surface area contributed by atoms with Crippen molar-refractivity contribution in [3.8, 4) is 17.2 Å². The third-order valence-electron chi connectivity index (χ3n) is 7.57. The minimum atomic E-state index is -0.848. The molecule has 2 amide bonds. The number of nitriles is 1. The number of benzene rings is 2. The molecule has 1 aliphatic carbocycles. The molecule has 8 heteroatoms. The SMILES string of the molecule is C[C@@H](c1ccc(-c2cnc(C(=O)NC3CC3)nc2)cc1)N1CC[C@](CC(C)(C)C#N)(c2ccccc2)OC1=O. The first-order chi connectivity index (χ1) is 18.7. The van der Waals surface area contributed by atoms with E-state index in [1.54, 1.807) is 17.3 Å². The van der Waals surface area contributed by atoms with Gasteiger partial charge in [-0.05, 0) is 50.3 Å². The van der Waals surface area contributed by atoms with Crippen molar-refractivity contribution in [3.63, 3.8) is 0 Å². The normalized spacial score (nSPS) is 20.1. The second-order valence-corrected chi connectivity index (χ2v) is 11.2. The zero-order valence-corrected chi connectivity index (χ0v) is 22.6. The molecule has 2 aliphatic rings. The van der Waals surface area contributed by atoms with Crippen molar-refractivity contribution in [1.82, 2.24) is 20.2 Å². The van der Waals surface area contributed by atoms with Crippen LogP contribution in [0.1, 0.15) is 74.2 Å². The van der Waals surface area contributed by atoms with Gasteiger partial charge in [0.25, 0.3) is 5.91 Å². The molecule has 0 bridgehead atoms. The third-order valence-corrected chi connectivity index (χ3v) is 7.57. The van der Waals surface area contributed by atoms with Crippen molar-refractivity contribution in [3.05, 3.63) is 83.9 Å². The fourth-order valence-corrected chi connectivity index (χ4v) is 5.15. The lowest BCUT2D eigenvalue weighted by molar-refractivity contribution is -0.0770. The molecule has 39 heavy (non-hydrogen) atoms. The number of amides is 2. The molecule has 1 N–H and O–H groups in total. The van der Waals surface area contributed by atoms with Crippen LogP contribution in [0.5, 0.6) is 0 Å². The predicted molar refractivity (Wildman–Crippen MR) is 146 cm³/mol. The van der Waals surface area contributed by atoms with Gasteiger partial charge in [-0.3, -0.25) is 4.79 Å². The number of ether oxygens (including phenoxy) is 1. The summed E-state index contributed by atoms with van der Waals surface area (Å²) in [7, 11) is 0. The average molecular weight is 524 g/mol. The van der Waals surface area contributed by atoms with E-state index >= 15 is 0 Å². The minimum absolute atomic E-state index is 0.171. The van der Waals surface area contributed by atoms with Crippen LogP contribution in [0.3, 0.4) is 0 Å². The maximum Gasteiger partial charge on any atom is 0.411 e. The molecule has 2 fully saturated rings. The van der Waals surface area contributed by atoms with Crippen molar-refractivity contribution < 1.29 is 14.3 Å². The summed E-state index contributed by atoms with van der Waals surface area (Å²) < 4.78 is 6.19. The summed E-state index contributed by atoms with van der Waals surface area (Å²) in [5, 5.41) is 12.6. The number of hydrogen-bond donors (Lipinski definition) is 1. The molecule has 1 saturated heterocycles. The molecule has 1 aromatic heterocycles. The number of cyclic esters (lactones) is 1. The molecule has 5 rings (SSSR count). The Kier molecular flexibility index (Phi) is 7.09. The van der Waals surface area contributed by atoms with Crippen LogP contribution in [-0.2, 0) is 10.3 Å². The van der Waals surface area contributed by atoms with Crippen molar-refractivity contribution in [1.29, 1.82) is 5.26 Å². The van der Waals surface area contributed by atoms with Crippen molar-refractivity contribution >= 4 is 12.0 Å². The fraction of sp³-hybridized carbons (Fsp3) is 0.387. The Bertz CT molecular complexity index is 1380. The topological polar surface area (TPSA) is 108 Å². The zero-order valence-electron chi connectivity index (χ0n) is 22.6. The lowest BCUT2D eigenvalue weighted by Crippen LogP contribution is -2.50. The lowest BCUT2D eigenvalue weighted by Gasteiger charge is -2.45. The Morgan fingerprint density at radius 3 is 2.38 bits per heavy atom. The molecule has 8 nitrogen and oxygen atoms in total. The van der Waals surface area contributed by atoms with Gasteiger partial charge in [-0.2, -0.15) is 5.26 Å². The van der Waals surface area contributed by atoms with Gasteiger partial charge in [-0.1, -0.05) is 54.6 Å². The molecular formula is C31H33N5O3. The van der Waals surface area contributed by atoms with Crippen molar-refractivity contribution in [2.75, 3.05) is 6.54 Å². The predicted octanol–water partition coefficient (Wildman–Crippen LogP) is 5.77. The van der Waals surface area contributed by atoms with Gasteiger partial charge >= 0.3 is 6.09 Å². The van der Waals surface area contributed by atoms with E-state index in [-0.39, 0.29) is 29.9 Å². The van der Waals surface area contributed by atoms with E-state index in [4.69, 9.17) is 4.74 Å². The van der Waals surface area contributed by atoms with Gasteiger partial charge in [0.2, 0.25) is 5.82 Å². The summed E-state index contributed by atoms with van der Waals surface area (Å²) in [6, 6.07) is 20.1. The molecule has 3 aromatic rings. The zero-order chi connectivity index (χ0) is 27.6. The summed E-state index contributed by atoms with van der Waals surface area (Å²) in [6.07, 6.45) is 5.96. The van der Waals surface area contributed by atoms with Crippen molar-refractivity contribution in [2.45, 2.75) is 64.1 Å². The highest BCUT2D eigenvalue weighted by Gasteiger charge is 2.46. The van der Waals surface area contributed by atoms with Crippen LogP contribution in [-0.4, -0.2) is 39.5 Å². The number of carbonyl (C=O) groups excluding carboxylic acids is 2. The summed E-state index contributed by atoms with van der Waals surface area (Å²) >= 11 is 0. The van der Waals surface area contributed by atoms with Gasteiger partial charge in [0.1, 0.15) is 5.60 Å². The summed E-state index contributed by atoms with van der Waals surface area (Å²) in [4.78, 5) is 35.8. The highest BCUT2D eigenvalue weighted by atomic mass is 16.6. The number of nitrogens with zero attached hydrogens (tertiary/aromatic N) is 4. The molecule has 2 aromatic carbocycles. The highest BCUT2D eigenvalue weighted by molar-refractivity contribution is 5.91. The van der Waals surface area contributed by atoms with E-state index in [2.05, 4.69) is 21.4 Å². The van der Waals surface area contributed by atoms with Crippen molar-refractivity contribution in [2.24, 2.45) is 5.41 Å². The summed E-state index contributed by atoms with van der Waals surface area (Å²) in [5.41, 5.74) is 2.12. The van der Waals surface area contributed by atoms with E-state index in [9.17, 15) is 14.9 Å². The molecule has 2 heterocycles. The molecule has 0 radical (unpaired) electrons. The Morgan fingerprint density at radius 2 is 1.79 bits per heavy atom. The average Bonchev–Trinajstić information content (AvgIpc) is 3.77. The monoisotopic (exact) mass is 523 g/mol. The van der Waals surface area contributed by atoms with Gasteiger partial charge in [0.05, 0.1) is 17.5 Å². The first kappa shape index (κ1) is 26.4. The Labute approximate surface area is 229 Å². The van der Waals surface area contributed by atoms with Crippen LogP contribution in [0, 0.1) is 16.7 Å². The molecular weight excluding hydrogens is 490 g/mol. The van der Waals surface area contributed by atoms with E-state index in [1.165, 1.54) is 0 Å². The van der Waals surface area contributed by atoms with Gasteiger partial charge in [-0.15, -0.1) is 0 Å². The van der Waals surface area contributed by atoms with Crippen LogP contribution >= 0.6 is 0 Å². The first-order valence-corrected chi connectivity index (χ1v) is 13.4. The maximum absolute atomic E-state index is 13.4. The van der Waals surface area contributed by atoms with Crippen LogP contribution in [0.15, 0.2) is 67.0 Å². The number of rotatable bonds is 8. The van der Waals surface area contributed by atoms with Crippen LogP contribution in [0.2, 0.25) is 0 Å². The second kappa shape index (κ2) is 10.5. The van der Waals surface area contributed by atoms with E-state index in [0.717, 1.165) is 35.1 Å². The minimum Gasteiger partial charge on any atom is -0.438 e. The second-order valence-electron chi connectivity index (χ2n) is 11.2. The first-order valence-electron chi connectivity index (χ1n) is 13.4. The molecule has 2 atom stereocenters. The van der Waals surface area contributed by atoms with Gasteiger partial charge in [-0.25, -0.2) is 14.8 Å². The summed E-state index contributed by atoms with van der Waals surface area (Å²) in [6.45, 7) is 6.25. The van der Waals surface area contributed by atoms with Crippen LogP contribution in [0.25, 0.3) is 11.1 Å². The van der Waals surface area contributed by atoms with E-state index < -0.39 is 11.0 Å². The number of hydrogen-bond acceptors (Lipinski definition) is 6. The molecule has 0 spiro atoms. The maximum atomic E-state index is 13.4. The van der Waals surface area contributed by atoms with Crippen LogP contribution < -0.4 is 5.32 Å². The third kappa shape index (κ3) is 5.78. The Morgan fingerprint density at radius 1 is 1.13 bits per heavy atom. The van der Waals surface area contributed by atoms with E-state index in [1.807, 2.05) is 75.4 Å². The Balaban J connectivity index is 1.28. The standard InChI is InChI=1S/C31H33N5O3/c1-21(22-9-11-23(12-10-22)24-17-33-27(34-18-24)28(37)35-26-13-14-26)36-16-15-31(39-29(36)38,19-30(2,3)20-32)25-7-5-4-6-8-25/h4-12,17-18,21,26H,13-16,19H2,1-3H3,(H,35,37)/t21-,31-/m0/s1. The van der Waals surface area contributed by atoms with Gasteiger partial charge in [0, 0.05) is 43.4 Å². The largest absolute Gasteiger partial charge is 0.438 e.